The molecule has 2 N–H and O–H groups in total. The highest BCUT2D eigenvalue weighted by Gasteiger charge is 2.19. The molecule has 1 atom stereocenters. The molecular weight excluding hydrogens is 242 g/mol. The van der Waals surface area contributed by atoms with E-state index < -0.39 is 11.9 Å². The first-order valence-electron chi connectivity index (χ1n) is 6.36. The Morgan fingerprint density at radius 2 is 1.79 bits per heavy atom. The van der Waals surface area contributed by atoms with E-state index in [-0.39, 0.29) is 11.8 Å². The molecule has 0 heterocycles. The molecule has 0 radical (unpaired) electrons. The highest BCUT2D eigenvalue weighted by atomic mass is 16.4. The van der Waals surface area contributed by atoms with Crippen LogP contribution < -0.4 is 5.32 Å². The van der Waals surface area contributed by atoms with Gasteiger partial charge in [0.1, 0.15) is 0 Å². The zero-order valence-electron chi connectivity index (χ0n) is 10.8. The molecule has 100 valence electrons. The van der Waals surface area contributed by atoms with Crippen molar-refractivity contribution in [1.29, 1.82) is 0 Å². The lowest BCUT2D eigenvalue weighted by Gasteiger charge is -2.12. The lowest BCUT2D eigenvalue weighted by atomic mass is 10.0. The first kappa shape index (κ1) is 13.3. The van der Waals surface area contributed by atoms with Gasteiger partial charge in [0.05, 0.1) is 5.92 Å². The van der Waals surface area contributed by atoms with Crippen molar-refractivity contribution < 1.29 is 14.7 Å². The van der Waals surface area contributed by atoms with Gasteiger partial charge in [0.25, 0.3) is 0 Å². The van der Waals surface area contributed by atoms with Crippen LogP contribution in [0.5, 0.6) is 0 Å². The minimum absolute atomic E-state index is 0.0176. The van der Waals surface area contributed by atoms with E-state index in [2.05, 4.69) is 5.32 Å². The molecule has 4 heteroatoms. The van der Waals surface area contributed by atoms with Crippen LogP contribution in [0.4, 0.5) is 5.69 Å². The zero-order chi connectivity index (χ0) is 13.8. The van der Waals surface area contributed by atoms with E-state index in [1.165, 1.54) is 0 Å². The molecule has 1 aliphatic rings. The Morgan fingerprint density at radius 3 is 2.32 bits per heavy atom. The van der Waals surface area contributed by atoms with Gasteiger partial charge in [0, 0.05) is 11.6 Å². The fourth-order valence-electron chi connectivity index (χ4n) is 2.07. The number of carboxylic acid groups (broad SMARTS) is 1. The van der Waals surface area contributed by atoms with E-state index in [9.17, 15) is 9.59 Å². The SMILES string of the molecule is CC(C(=O)O)c1ccc(NC(=O)C2CC=CC2)cc1. The molecular formula is C15H17NO3. The molecule has 1 aromatic carbocycles. The van der Waals surface area contributed by atoms with Gasteiger partial charge >= 0.3 is 5.97 Å². The summed E-state index contributed by atoms with van der Waals surface area (Å²) in [5.41, 5.74) is 1.44. The summed E-state index contributed by atoms with van der Waals surface area (Å²) < 4.78 is 0. The molecule has 2 rings (SSSR count). The van der Waals surface area contributed by atoms with Crippen LogP contribution in [0.3, 0.4) is 0 Å². The summed E-state index contributed by atoms with van der Waals surface area (Å²) in [6.07, 6.45) is 5.61. The van der Waals surface area contributed by atoms with E-state index in [1.54, 1.807) is 31.2 Å². The molecule has 1 unspecified atom stereocenters. The monoisotopic (exact) mass is 259 g/mol. The second kappa shape index (κ2) is 5.69. The molecule has 19 heavy (non-hydrogen) atoms. The quantitative estimate of drug-likeness (QED) is 0.817. The normalized spacial score (nSPS) is 16.3. The van der Waals surface area contributed by atoms with Gasteiger partial charge in [-0.1, -0.05) is 24.3 Å². The summed E-state index contributed by atoms with van der Waals surface area (Å²) in [5.74, 6) is -1.35. The Hall–Kier alpha value is -2.10. The van der Waals surface area contributed by atoms with Crippen molar-refractivity contribution >= 4 is 17.6 Å². The molecule has 0 bridgehead atoms. The van der Waals surface area contributed by atoms with Crippen LogP contribution >= 0.6 is 0 Å². The lowest BCUT2D eigenvalue weighted by molar-refractivity contribution is -0.138. The number of anilines is 1. The number of nitrogens with one attached hydrogen (secondary N) is 1. The van der Waals surface area contributed by atoms with Crippen molar-refractivity contribution in [2.24, 2.45) is 5.92 Å². The summed E-state index contributed by atoms with van der Waals surface area (Å²) in [6, 6.07) is 6.96. The standard InChI is InChI=1S/C15H17NO3/c1-10(15(18)19)11-6-8-13(9-7-11)16-14(17)12-4-2-3-5-12/h2-3,6-10,12H,4-5H2,1H3,(H,16,17)(H,18,19). The molecule has 0 spiro atoms. The maximum absolute atomic E-state index is 11.9. The molecule has 4 nitrogen and oxygen atoms in total. The van der Waals surface area contributed by atoms with Crippen LogP contribution in [0.25, 0.3) is 0 Å². The highest BCUT2D eigenvalue weighted by Crippen LogP contribution is 2.21. The summed E-state index contributed by atoms with van der Waals surface area (Å²) in [4.78, 5) is 22.8. The fourth-order valence-corrected chi connectivity index (χ4v) is 2.07. The molecule has 0 aliphatic heterocycles. The molecule has 1 aliphatic carbocycles. The van der Waals surface area contributed by atoms with Gasteiger partial charge in [-0.05, 0) is 37.5 Å². The minimum atomic E-state index is -0.853. The Balaban J connectivity index is 1.98. The molecule has 1 aromatic rings. The van der Waals surface area contributed by atoms with E-state index in [4.69, 9.17) is 5.11 Å². The number of allylic oxidation sites excluding steroid dienone is 2. The van der Waals surface area contributed by atoms with Crippen LogP contribution in [-0.4, -0.2) is 17.0 Å². The Kier molecular flexibility index (Phi) is 4.00. The third kappa shape index (κ3) is 3.22. The number of hydrogen-bond acceptors (Lipinski definition) is 2. The van der Waals surface area contributed by atoms with Crippen molar-refractivity contribution in [3.63, 3.8) is 0 Å². The zero-order valence-corrected chi connectivity index (χ0v) is 10.8. The topological polar surface area (TPSA) is 66.4 Å². The first-order chi connectivity index (χ1) is 9.08. The van der Waals surface area contributed by atoms with Gasteiger partial charge in [-0.15, -0.1) is 0 Å². The Morgan fingerprint density at radius 1 is 1.21 bits per heavy atom. The second-order valence-electron chi connectivity index (χ2n) is 4.81. The van der Waals surface area contributed by atoms with Crippen LogP contribution in [0.2, 0.25) is 0 Å². The number of hydrogen-bond donors (Lipinski definition) is 2. The smallest absolute Gasteiger partial charge is 0.310 e. The maximum atomic E-state index is 11.9. The van der Waals surface area contributed by atoms with Gasteiger partial charge in [-0.25, -0.2) is 0 Å². The van der Waals surface area contributed by atoms with E-state index >= 15 is 0 Å². The lowest BCUT2D eigenvalue weighted by Crippen LogP contribution is -2.20. The number of aliphatic carboxylic acids is 1. The van der Waals surface area contributed by atoms with Crippen LogP contribution in [-0.2, 0) is 9.59 Å². The van der Waals surface area contributed by atoms with Gasteiger partial charge in [0.2, 0.25) is 5.91 Å². The van der Waals surface area contributed by atoms with Gasteiger partial charge in [-0.3, -0.25) is 9.59 Å². The molecule has 0 aromatic heterocycles. The third-order valence-electron chi connectivity index (χ3n) is 3.43. The van der Waals surface area contributed by atoms with Crippen molar-refractivity contribution in [1.82, 2.24) is 0 Å². The Labute approximate surface area is 112 Å². The van der Waals surface area contributed by atoms with Crippen LogP contribution in [0.15, 0.2) is 36.4 Å². The second-order valence-corrected chi connectivity index (χ2v) is 4.81. The average molecular weight is 259 g/mol. The summed E-state index contributed by atoms with van der Waals surface area (Å²) in [6.45, 7) is 1.64. The molecule has 0 saturated carbocycles. The molecule has 0 saturated heterocycles. The predicted octanol–water partition coefficient (Wildman–Crippen LogP) is 2.78. The van der Waals surface area contributed by atoms with E-state index in [0.29, 0.717) is 5.69 Å². The minimum Gasteiger partial charge on any atom is -0.481 e. The summed E-state index contributed by atoms with van der Waals surface area (Å²) in [5, 5.41) is 11.8. The van der Waals surface area contributed by atoms with Crippen molar-refractivity contribution in [3.8, 4) is 0 Å². The number of benzene rings is 1. The van der Waals surface area contributed by atoms with Crippen LogP contribution in [0, 0.1) is 5.92 Å². The van der Waals surface area contributed by atoms with E-state index in [0.717, 1.165) is 18.4 Å². The van der Waals surface area contributed by atoms with E-state index in [1.807, 2.05) is 12.2 Å². The average Bonchev–Trinajstić information content (AvgIpc) is 2.92. The summed E-state index contributed by atoms with van der Waals surface area (Å²) >= 11 is 0. The predicted molar refractivity (Wildman–Crippen MR) is 73.0 cm³/mol. The first-order valence-corrected chi connectivity index (χ1v) is 6.36. The third-order valence-corrected chi connectivity index (χ3v) is 3.43. The van der Waals surface area contributed by atoms with Crippen LogP contribution in [0.1, 0.15) is 31.2 Å². The van der Waals surface area contributed by atoms with Gasteiger partial charge in [0.15, 0.2) is 0 Å². The van der Waals surface area contributed by atoms with Crippen molar-refractivity contribution in [2.45, 2.75) is 25.7 Å². The van der Waals surface area contributed by atoms with Crippen molar-refractivity contribution in [2.75, 3.05) is 5.32 Å². The van der Waals surface area contributed by atoms with Crippen molar-refractivity contribution in [3.05, 3.63) is 42.0 Å². The highest BCUT2D eigenvalue weighted by molar-refractivity contribution is 5.93. The largest absolute Gasteiger partial charge is 0.481 e. The summed E-state index contributed by atoms with van der Waals surface area (Å²) in [7, 11) is 0. The Bertz CT molecular complexity index is 497. The number of carbonyl (C=O) groups excluding carboxylic acids is 1. The number of carbonyl (C=O) groups is 2. The maximum Gasteiger partial charge on any atom is 0.310 e. The van der Waals surface area contributed by atoms with Gasteiger partial charge < -0.3 is 10.4 Å². The molecule has 1 amide bonds. The van der Waals surface area contributed by atoms with Gasteiger partial charge in [-0.2, -0.15) is 0 Å². The molecule has 0 fully saturated rings. The number of rotatable bonds is 4. The number of carboxylic acids is 1. The fraction of sp³-hybridized carbons (Fsp3) is 0.333. The number of amides is 1.